The first-order chi connectivity index (χ1) is 14.0. The van der Waals surface area contributed by atoms with Gasteiger partial charge in [0, 0.05) is 51.3 Å². The first-order valence-corrected chi connectivity index (χ1v) is 11.1. The predicted octanol–water partition coefficient (Wildman–Crippen LogP) is 5.61. The maximum atomic E-state index is 11.4. The molecule has 0 saturated heterocycles. The molecule has 0 heterocycles. The Morgan fingerprint density at radius 3 is 2.20 bits per heavy atom. The number of carbonyl (C=O) groups is 2. The zero-order valence-electron chi connectivity index (χ0n) is 16.9. The number of aryl methyl sites for hydroxylation is 1. The molecular formula is C20H24N2O5S2Y-2. The topological polar surface area (TPSA) is 97.7 Å². The third kappa shape index (κ3) is 15.6. The van der Waals surface area contributed by atoms with Crippen LogP contribution in [0.15, 0.2) is 48.5 Å². The van der Waals surface area contributed by atoms with Crippen LogP contribution in [0.3, 0.4) is 0 Å². The molecule has 0 spiro atoms. The monoisotopic (exact) mass is 525 g/mol. The Labute approximate surface area is 210 Å². The molecule has 0 atom stereocenters. The van der Waals surface area contributed by atoms with Crippen molar-refractivity contribution in [3.63, 3.8) is 0 Å². The van der Waals surface area contributed by atoms with Gasteiger partial charge in [0.25, 0.3) is 0 Å². The Hall–Kier alpha value is -1.26. The Bertz CT molecular complexity index is 721. The predicted molar refractivity (Wildman–Crippen MR) is 119 cm³/mol. The second-order valence-corrected chi connectivity index (χ2v) is 8.09. The maximum Gasteiger partial charge on any atom is 0.409 e. The van der Waals surface area contributed by atoms with Gasteiger partial charge < -0.3 is 25.3 Å². The van der Waals surface area contributed by atoms with E-state index in [2.05, 4.69) is 16.1 Å². The number of amides is 2. The van der Waals surface area contributed by atoms with E-state index in [0.717, 1.165) is 23.7 Å². The quantitative estimate of drug-likeness (QED) is 0.258. The summed E-state index contributed by atoms with van der Waals surface area (Å²) in [5, 5.41) is 2.64. The van der Waals surface area contributed by atoms with E-state index < -0.39 is 12.2 Å². The van der Waals surface area contributed by atoms with Crippen molar-refractivity contribution < 1.29 is 56.5 Å². The van der Waals surface area contributed by atoms with Gasteiger partial charge in [0.1, 0.15) is 12.4 Å². The average molecular weight is 525 g/mol. The zero-order valence-corrected chi connectivity index (χ0v) is 21.4. The molecule has 10 heteroatoms. The molecule has 30 heavy (non-hydrogen) atoms. The van der Waals surface area contributed by atoms with Crippen LogP contribution >= 0.6 is 21.6 Å². The number of nitrogens with one attached hydrogen (secondary N) is 2. The second kappa shape index (κ2) is 18.5. The minimum atomic E-state index is -1.03. The third-order valence-electron chi connectivity index (χ3n) is 3.05. The van der Waals surface area contributed by atoms with Gasteiger partial charge in [-0.1, -0.05) is 45.0 Å². The van der Waals surface area contributed by atoms with Gasteiger partial charge in [0.2, 0.25) is 6.09 Å². The van der Waals surface area contributed by atoms with Crippen molar-refractivity contribution in [3.8, 4) is 5.75 Å². The van der Waals surface area contributed by atoms with E-state index in [0.29, 0.717) is 18.0 Å². The molecule has 2 N–H and O–H groups in total. The minimum Gasteiger partial charge on any atom is -0.631 e. The molecule has 0 fully saturated rings. The third-order valence-corrected chi connectivity index (χ3v) is 5.38. The van der Waals surface area contributed by atoms with Crippen molar-refractivity contribution in [2.75, 3.05) is 37.1 Å². The van der Waals surface area contributed by atoms with E-state index in [1.54, 1.807) is 65.1 Å². The molecule has 161 valence electrons. The van der Waals surface area contributed by atoms with Crippen molar-refractivity contribution in [2.24, 2.45) is 0 Å². The number of hydrogen-bond donors (Lipinski definition) is 1. The summed E-state index contributed by atoms with van der Waals surface area (Å²) in [6.45, 7) is 3.08. The van der Waals surface area contributed by atoms with E-state index >= 15 is 0 Å². The van der Waals surface area contributed by atoms with Crippen LogP contribution in [-0.2, 0) is 42.2 Å². The molecule has 0 bridgehead atoms. The van der Waals surface area contributed by atoms with Crippen LogP contribution in [0.2, 0.25) is 0 Å². The Balaban J connectivity index is 0.000000603. The average Bonchev–Trinajstić information content (AvgIpc) is 2.70. The number of rotatable bonds is 9. The van der Waals surface area contributed by atoms with E-state index in [9.17, 15) is 9.59 Å². The minimum absolute atomic E-state index is 0. The zero-order chi connectivity index (χ0) is 21.3. The SMILES string of the molecule is COCCSSCCOC(=O)Nc1cc[c-]cc1.Cc1ccc(OC([NH-])=O)cc1.[Y]. The molecule has 0 aromatic heterocycles. The Morgan fingerprint density at radius 1 is 1.03 bits per heavy atom. The summed E-state index contributed by atoms with van der Waals surface area (Å²) in [6.07, 6.45) is -1.46. The fourth-order valence-corrected chi connectivity index (χ4v) is 3.48. The number of benzene rings is 2. The van der Waals surface area contributed by atoms with E-state index in [-0.39, 0.29) is 32.7 Å². The first kappa shape index (κ1) is 28.7. The molecule has 7 nitrogen and oxygen atoms in total. The molecule has 2 rings (SSSR count). The van der Waals surface area contributed by atoms with Crippen molar-refractivity contribution in [2.45, 2.75) is 6.92 Å². The molecule has 0 aliphatic heterocycles. The summed E-state index contributed by atoms with van der Waals surface area (Å²) < 4.78 is 14.4. The van der Waals surface area contributed by atoms with E-state index in [4.69, 9.17) is 15.2 Å². The number of carbonyl (C=O) groups excluding carboxylic acids is 2. The Kier molecular flexibility index (Phi) is 17.7. The molecule has 2 aromatic carbocycles. The summed E-state index contributed by atoms with van der Waals surface area (Å²) in [4.78, 5) is 21.5. The summed E-state index contributed by atoms with van der Waals surface area (Å²) in [5.41, 5.74) is 8.31. The fraction of sp³-hybridized carbons (Fsp3) is 0.300. The number of anilines is 1. The molecular weight excluding hydrogens is 501 g/mol. The van der Waals surface area contributed by atoms with Gasteiger partial charge in [-0.3, -0.25) is 4.79 Å². The Morgan fingerprint density at radius 2 is 1.63 bits per heavy atom. The van der Waals surface area contributed by atoms with Gasteiger partial charge >= 0.3 is 6.09 Å². The summed E-state index contributed by atoms with van der Waals surface area (Å²) >= 11 is 0. The summed E-state index contributed by atoms with van der Waals surface area (Å²) in [7, 11) is 5.06. The smallest absolute Gasteiger partial charge is 0.409 e. The van der Waals surface area contributed by atoms with Crippen LogP contribution in [0.25, 0.3) is 5.73 Å². The second-order valence-electron chi connectivity index (χ2n) is 5.39. The van der Waals surface area contributed by atoms with Crippen LogP contribution < -0.4 is 10.1 Å². The standard InChI is InChI=1S/C12H16NO3S2.C8H9NO2.Y/c1-15-7-9-17-18-10-8-16-12(14)13-11-5-3-2-4-6-11;1-6-2-4-7(5-3-6)11-8(9)10;/h3-6H,7-10H2,1H3,(H,13,14);2-5H,1H3,(H2,9,10);/q-1;;/p-1. The van der Waals surface area contributed by atoms with Crippen LogP contribution in [0.1, 0.15) is 5.56 Å². The number of hydrogen-bond acceptors (Lipinski definition) is 7. The molecule has 0 saturated carbocycles. The van der Waals surface area contributed by atoms with Gasteiger partial charge in [0.05, 0.1) is 6.61 Å². The van der Waals surface area contributed by atoms with Crippen molar-refractivity contribution in [1.29, 1.82) is 0 Å². The van der Waals surface area contributed by atoms with Crippen LogP contribution in [-0.4, -0.2) is 44.0 Å². The fourth-order valence-electron chi connectivity index (χ4n) is 1.74. The van der Waals surface area contributed by atoms with Gasteiger partial charge in [-0.2, -0.15) is 18.2 Å². The molecule has 0 aliphatic rings. The largest absolute Gasteiger partial charge is 0.631 e. The number of methoxy groups -OCH3 is 1. The van der Waals surface area contributed by atoms with Gasteiger partial charge in [0.15, 0.2) is 0 Å². The molecule has 2 aromatic rings. The molecule has 1 radical (unpaired) electrons. The van der Waals surface area contributed by atoms with Crippen LogP contribution in [0, 0.1) is 13.0 Å². The van der Waals surface area contributed by atoms with Crippen molar-refractivity contribution in [1.82, 2.24) is 0 Å². The first-order valence-electron chi connectivity index (χ1n) is 8.64. The summed E-state index contributed by atoms with van der Waals surface area (Å²) in [6, 6.07) is 16.8. The molecule has 2 amide bonds. The van der Waals surface area contributed by atoms with E-state index in [1.807, 2.05) is 19.1 Å². The van der Waals surface area contributed by atoms with Crippen LogP contribution in [0.4, 0.5) is 15.3 Å². The van der Waals surface area contributed by atoms with Crippen molar-refractivity contribution in [3.05, 3.63) is 65.9 Å². The van der Waals surface area contributed by atoms with Crippen LogP contribution in [0.5, 0.6) is 5.75 Å². The number of ether oxygens (including phenoxy) is 3. The van der Waals surface area contributed by atoms with E-state index in [1.165, 1.54) is 0 Å². The maximum absolute atomic E-state index is 11.4. The molecule has 0 unspecified atom stereocenters. The normalized spacial score (nSPS) is 9.40. The molecule has 0 aliphatic carbocycles. The van der Waals surface area contributed by atoms with Gasteiger partial charge in [-0.15, -0.1) is 12.1 Å². The van der Waals surface area contributed by atoms with Crippen molar-refractivity contribution >= 4 is 39.5 Å². The summed E-state index contributed by atoms with van der Waals surface area (Å²) in [5.74, 6) is 2.12. The van der Waals surface area contributed by atoms with Gasteiger partial charge in [-0.05, 0) is 19.1 Å². The van der Waals surface area contributed by atoms with Gasteiger partial charge in [-0.25, -0.2) is 4.79 Å².